The maximum atomic E-state index is 13.5. The molecule has 6 nitrogen and oxygen atoms in total. The Morgan fingerprint density at radius 3 is 2.00 bits per heavy atom. The molecule has 0 radical (unpaired) electrons. The topological polar surface area (TPSA) is 68.2 Å². The fraction of sp³-hybridized carbons (Fsp3) is 0.409. The van der Waals surface area contributed by atoms with Crippen molar-refractivity contribution >= 4 is 5.97 Å². The molecule has 3 rings (SSSR count). The zero-order chi connectivity index (χ0) is 21.0. The number of rotatable bonds is 7. The molecule has 1 aliphatic heterocycles. The van der Waals surface area contributed by atoms with Crippen molar-refractivity contribution in [3.8, 4) is 17.2 Å². The molecule has 0 bridgehead atoms. The summed E-state index contributed by atoms with van der Waals surface area (Å²) in [6.07, 6.45) is 1.13. The molecule has 156 valence electrons. The van der Waals surface area contributed by atoms with Crippen molar-refractivity contribution in [1.29, 1.82) is 0 Å². The van der Waals surface area contributed by atoms with Crippen LogP contribution in [0.4, 0.5) is 4.39 Å². The molecular formula is C22H26FNO5. The number of halogens is 1. The first-order chi connectivity index (χ1) is 14.0. The summed E-state index contributed by atoms with van der Waals surface area (Å²) < 4.78 is 30.0. The molecule has 0 amide bonds. The van der Waals surface area contributed by atoms with E-state index in [-0.39, 0.29) is 17.8 Å². The lowest BCUT2D eigenvalue weighted by Gasteiger charge is -2.37. The number of hydrogen-bond donors (Lipinski definition) is 1. The van der Waals surface area contributed by atoms with Crippen LogP contribution in [0.25, 0.3) is 0 Å². The molecule has 1 aliphatic rings. The summed E-state index contributed by atoms with van der Waals surface area (Å²) in [5.74, 6) is 0.183. The van der Waals surface area contributed by atoms with Crippen LogP contribution in [0.2, 0.25) is 0 Å². The lowest BCUT2D eigenvalue weighted by atomic mass is 9.91. The standard InChI is InChI=1S/C22H26FNO5/c1-27-18-12-16(13-19(28-2)21(18)29-3)20(14-4-6-17(23)7-5-14)24-10-8-15(9-11-24)22(25)26/h4-7,12-13,15,20H,8-11H2,1-3H3,(H,25,26). The lowest BCUT2D eigenvalue weighted by molar-refractivity contribution is -0.143. The number of carbonyl (C=O) groups is 1. The number of nitrogens with zero attached hydrogens (tertiary/aromatic N) is 1. The molecule has 0 saturated carbocycles. The van der Waals surface area contributed by atoms with Crippen LogP contribution < -0.4 is 14.2 Å². The summed E-state index contributed by atoms with van der Waals surface area (Å²) in [6.45, 7) is 1.24. The van der Waals surface area contributed by atoms with Gasteiger partial charge in [0.05, 0.1) is 33.3 Å². The molecule has 1 unspecified atom stereocenters. The molecule has 7 heteroatoms. The smallest absolute Gasteiger partial charge is 0.306 e. The number of piperidine rings is 1. The van der Waals surface area contributed by atoms with Crippen molar-refractivity contribution in [3.05, 3.63) is 53.3 Å². The van der Waals surface area contributed by atoms with Gasteiger partial charge in [0.2, 0.25) is 5.75 Å². The average molecular weight is 403 g/mol. The number of methoxy groups -OCH3 is 3. The number of carboxylic acid groups (broad SMARTS) is 1. The molecular weight excluding hydrogens is 377 g/mol. The summed E-state index contributed by atoms with van der Waals surface area (Å²) in [7, 11) is 4.67. The van der Waals surface area contributed by atoms with Gasteiger partial charge in [0.15, 0.2) is 11.5 Å². The third-order valence-corrected chi connectivity index (χ3v) is 5.43. The fourth-order valence-corrected chi connectivity index (χ4v) is 3.92. The predicted molar refractivity (Wildman–Crippen MR) is 106 cm³/mol. The van der Waals surface area contributed by atoms with Gasteiger partial charge in [-0.25, -0.2) is 4.39 Å². The van der Waals surface area contributed by atoms with E-state index in [1.807, 2.05) is 12.1 Å². The van der Waals surface area contributed by atoms with E-state index in [1.54, 1.807) is 33.5 Å². The van der Waals surface area contributed by atoms with E-state index in [2.05, 4.69) is 4.90 Å². The zero-order valence-corrected chi connectivity index (χ0v) is 16.9. The van der Waals surface area contributed by atoms with Gasteiger partial charge in [-0.15, -0.1) is 0 Å². The second-order valence-corrected chi connectivity index (χ2v) is 7.06. The minimum absolute atomic E-state index is 0.195. The quantitative estimate of drug-likeness (QED) is 0.760. The molecule has 1 N–H and O–H groups in total. The van der Waals surface area contributed by atoms with E-state index in [0.717, 1.165) is 11.1 Å². The summed E-state index contributed by atoms with van der Waals surface area (Å²) >= 11 is 0. The van der Waals surface area contributed by atoms with Gasteiger partial charge in [0.1, 0.15) is 5.82 Å². The van der Waals surface area contributed by atoms with E-state index in [9.17, 15) is 14.3 Å². The third kappa shape index (κ3) is 4.45. The minimum atomic E-state index is -0.754. The molecule has 2 aromatic rings. The van der Waals surface area contributed by atoms with Crippen LogP contribution in [0.5, 0.6) is 17.2 Å². The van der Waals surface area contributed by atoms with Crippen LogP contribution in [0, 0.1) is 11.7 Å². The highest BCUT2D eigenvalue weighted by molar-refractivity contribution is 5.70. The Bertz CT molecular complexity index is 822. The third-order valence-electron chi connectivity index (χ3n) is 5.43. The van der Waals surface area contributed by atoms with Crippen LogP contribution in [0.3, 0.4) is 0 Å². The molecule has 1 saturated heterocycles. The Hall–Kier alpha value is -2.80. The second kappa shape index (κ2) is 9.13. The Morgan fingerprint density at radius 2 is 1.55 bits per heavy atom. The van der Waals surface area contributed by atoms with Gasteiger partial charge in [0, 0.05) is 0 Å². The number of hydrogen-bond acceptors (Lipinski definition) is 5. The summed E-state index contributed by atoms with van der Waals surface area (Å²) in [5.41, 5.74) is 1.81. The van der Waals surface area contributed by atoms with E-state index in [1.165, 1.54) is 12.1 Å². The number of carboxylic acids is 1. The van der Waals surface area contributed by atoms with Gasteiger partial charge in [-0.1, -0.05) is 12.1 Å². The largest absolute Gasteiger partial charge is 0.493 e. The van der Waals surface area contributed by atoms with E-state index >= 15 is 0 Å². The van der Waals surface area contributed by atoms with Crippen LogP contribution >= 0.6 is 0 Å². The van der Waals surface area contributed by atoms with Crippen LogP contribution in [0.1, 0.15) is 30.0 Å². The summed E-state index contributed by atoms with van der Waals surface area (Å²) in [4.78, 5) is 13.6. The maximum Gasteiger partial charge on any atom is 0.306 e. The number of ether oxygens (including phenoxy) is 3. The second-order valence-electron chi connectivity index (χ2n) is 7.06. The highest BCUT2D eigenvalue weighted by atomic mass is 19.1. The highest BCUT2D eigenvalue weighted by Crippen LogP contribution is 2.42. The molecule has 1 atom stereocenters. The monoisotopic (exact) mass is 403 g/mol. The van der Waals surface area contributed by atoms with Gasteiger partial charge in [0.25, 0.3) is 0 Å². The van der Waals surface area contributed by atoms with Gasteiger partial charge in [-0.2, -0.15) is 0 Å². The molecule has 29 heavy (non-hydrogen) atoms. The van der Waals surface area contributed by atoms with Gasteiger partial charge in [-0.05, 0) is 61.3 Å². The fourth-order valence-electron chi connectivity index (χ4n) is 3.92. The first-order valence-corrected chi connectivity index (χ1v) is 9.50. The van der Waals surface area contributed by atoms with Crippen LogP contribution in [-0.2, 0) is 4.79 Å². The Morgan fingerprint density at radius 1 is 1.00 bits per heavy atom. The van der Waals surface area contributed by atoms with Crippen molar-refractivity contribution in [1.82, 2.24) is 4.90 Å². The highest BCUT2D eigenvalue weighted by Gasteiger charge is 2.31. The van der Waals surface area contributed by atoms with E-state index in [4.69, 9.17) is 14.2 Å². The SMILES string of the molecule is COc1cc(C(c2ccc(F)cc2)N2CCC(C(=O)O)CC2)cc(OC)c1OC. The molecule has 2 aromatic carbocycles. The van der Waals surface area contributed by atoms with Gasteiger partial charge in [-0.3, -0.25) is 9.69 Å². The molecule has 0 aromatic heterocycles. The van der Waals surface area contributed by atoms with Crippen LogP contribution in [-0.4, -0.2) is 50.4 Å². The van der Waals surface area contributed by atoms with E-state index < -0.39 is 5.97 Å². The lowest BCUT2D eigenvalue weighted by Crippen LogP contribution is -2.39. The number of benzene rings is 2. The van der Waals surface area contributed by atoms with Gasteiger partial charge < -0.3 is 19.3 Å². The average Bonchev–Trinajstić information content (AvgIpc) is 2.74. The van der Waals surface area contributed by atoms with Crippen molar-refractivity contribution < 1.29 is 28.5 Å². The number of aliphatic carboxylic acids is 1. The van der Waals surface area contributed by atoms with Gasteiger partial charge >= 0.3 is 5.97 Å². The Balaban J connectivity index is 2.04. The molecule has 0 spiro atoms. The van der Waals surface area contributed by atoms with Crippen molar-refractivity contribution in [3.63, 3.8) is 0 Å². The van der Waals surface area contributed by atoms with Crippen molar-refractivity contribution in [2.24, 2.45) is 5.92 Å². The Labute approximate surface area is 169 Å². The Kier molecular flexibility index (Phi) is 6.59. The first-order valence-electron chi connectivity index (χ1n) is 9.50. The molecule has 0 aliphatic carbocycles. The predicted octanol–water partition coefficient (Wildman–Crippen LogP) is 3.74. The summed E-state index contributed by atoms with van der Waals surface area (Å²) in [5, 5.41) is 9.31. The maximum absolute atomic E-state index is 13.5. The van der Waals surface area contributed by atoms with E-state index in [0.29, 0.717) is 43.2 Å². The van der Waals surface area contributed by atoms with Crippen molar-refractivity contribution in [2.45, 2.75) is 18.9 Å². The number of likely N-dealkylation sites (tertiary alicyclic amines) is 1. The minimum Gasteiger partial charge on any atom is -0.493 e. The summed E-state index contributed by atoms with van der Waals surface area (Å²) in [6, 6.07) is 9.96. The first kappa shape index (κ1) is 20.9. The normalized spacial score (nSPS) is 16.3. The molecule has 1 heterocycles. The van der Waals surface area contributed by atoms with Crippen molar-refractivity contribution in [2.75, 3.05) is 34.4 Å². The zero-order valence-electron chi connectivity index (χ0n) is 16.9. The van der Waals surface area contributed by atoms with Crippen LogP contribution in [0.15, 0.2) is 36.4 Å². The molecule has 1 fully saturated rings.